The highest BCUT2D eigenvalue weighted by atomic mass is 32.2. The van der Waals surface area contributed by atoms with Gasteiger partial charge in [0.25, 0.3) is 0 Å². The highest BCUT2D eigenvalue weighted by molar-refractivity contribution is 7.89. The van der Waals surface area contributed by atoms with E-state index in [0.29, 0.717) is 42.4 Å². The van der Waals surface area contributed by atoms with E-state index >= 15 is 0 Å². The number of ether oxygens (including phenoxy) is 1. The third kappa shape index (κ3) is 6.02. The van der Waals surface area contributed by atoms with Gasteiger partial charge < -0.3 is 10.1 Å². The Balaban J connectivity index is 1.26. The Hall–Kier alpha value is -2.77. The molecule has 1 aliphatic carbocycles. The van der Waals surface area contributed by atoms with Gasteiger partial charge in [0.05, 0.1) is 11.7 Å². The van der Waals surface area contributed by atoms with Crippen molar-refractivity contribution in [1.82, 2.24) is 13.5 Å². The Morgan fingerprint density at radius 2 is 1.76 bits per heavy atom. The maximum absolute atomic E-state index is 12.8. The Bertz CT molecular complexity index is 1260. The zero-order valence-electron chi connectivity index (χ0n) is 17.7. The maximum Gasteiger partial charge on any atom is 0.573 e. The smallest absolute Gasteiger partial charge is 0.406 e. The fourth-order valence-electron chi connectivity index (χ4n) is 3.92. The van der Waals surface area contributed by atoms with Crippen LogP contribution in [0.5, 0.6) is 5.75 Å². The van der Waals surface area contributed by atoms with Gasteiger partial charge in [-0.25, -0.2) is 13.1 Å². The van der Waals surface area contributed by atoms with Crippen LogP contribution in [0.15, 0.2) is 47.4 Å². The van der Waals surface area contributed by atoms with Crippen molar-refractivity contribution in [3.8, 4) is 5.75 Å². The quantitative estimate of drug-likeness (QED) is 0.486. The summed E-state index contributed by atoms with van der Waals surface area (Å²) < 4.78 is 76.8. The van der Waals surface area contributed by atoms with Gasteiger partial charge in [-0.05, 0) is 68.0 Å². The minimum Gasteiger partial charge on any atom is -0.406 e. The number of carbonyl (C=O) groups is 1. The number of nitrogens with one attached hydrogen (secondary N) is 2. The first-order valence-electron chi connectivity index (χ1n) is 10.5. The molecule has 1 aliphatic rings. The van der Waals surface area contributed by atoms with E-state index in [-0.39, 0.29) is 34.9 Å². The number of amides is 1. The van der Waals surface area contributed by atoms with Crippen LogP contribution >= 0.6 is 11.7 Å². The summed E-state index contributed by atoms with van der Waals surface area (Å²) in [5.74, 6) is -0.749. The number of sulfonamides is 1. The van der Waals surface area contributed by atoms with E-state index in [1.165, 1.54) is 18.2 Å². The normalized spacial score (nSPS) is 19.1. The first-order chi connectivity index (χ1) is 16.1. The number of nitrogens with zero attached hydrogens (tertiary/aromatic N) is 2. The number of rotatable bonds is 7. The molecule has 0 spiro atoms. The summed E-state index contributed by atoms with van der Waals surface area (Å²) in [6.07, 6.45) is -2.27. The average Bonchev–Trinajstić information content (AvgIpc) is 3.27. The van der Waals surface area contributed by atoms with Crippen molar-refractivity contribution in [2.45, 2.75) is 36.9 Å². The lowest BCUT2D eigenvalue weighted by atomic mass is 9.81. The molecule has 0 bridgehead atoms. The molecule has 4 rings (SSSR count). The third-order valence-electron chi connectivity index (χ3n) is 5.67. The molecule has 0 unspecified atom stereocenters. The molecule has 8 nitrogen and oxygen atoms in total. The summed E-state index contributed by atoms with van der Waals surface area (Å²) in [5.41, 5.74) is 1.25. The number of carbonyl (C=O) groups excluding carboxylic acids is 1. The predicted molar refractivity (Wildman–Crippen MR) is 120 cm³/mol. The summed E-state index contributed by atoms with van der Waals surface area (Å²) in [7, 11) is -3.75. The van der Waals surface area contributed by atoms with E-state index in [2.05, 4.69) is 23.5 Å². The average molecular weight is 515 g/mol. The second kappa shape index (κ2) is 9.84. The minimum absolute atomic E-state index is 0.0883. The van der Waals surface area contributed by atoms with Gasteiger partial charge in [0, 0.05) is 18.2 Å². The van der Waals surface area contributed by atoms with E-state index in [1.807, 2.05) is 0 Å². The summed E-state index contributed by atoms with van der Waals surface area (Å²) in [4.78, 5) is 12.6. The van der Waals surface area contributed by atoms with E-state index < -0.39 is 16.4 Å². The topological polar surface area (TPSA) is 110 Å². The first kappa shape index (κ1) is 24.4. The van der Waals surface area contributed by atoms with Crippen LogP contribution in [0, 0.1) is 11.8 Å². The van der Waals surface area contributed by atoms with Crippen LogP contribution in [0.25, 0.3) is 11.0 Å². The molecule has 2 N–H and O–H groups in total. The molecule has 0 radical (unpaired) electrons. The van der Waals surface area contributed by atoms with Crippen molar-refractivity contribution in [2.24, 2.45) is 11.8 Å². The first-order valence-corrected chi connectivity index (χ1v) is 12.7. The minimum atomic E-state index is -4.77. The fourth-order valence-corrected chi connectivity index (χ4v) is 5.80. The predicted octanol–water partition coefficient (Wildman–Crippen LogP) is 4.31. The number of alkyl halides is 3. The summed E-state index contributed by atoms with van der Waals surface area (Å²) >= 11 is 0.954. The molecule has 3 aromatic rings. The molecule has 1 amide bonds. The second-order valence-corrected chi connectivity index (χ2v) is 10.3. The molecule has 0 saturated heterocycles. The fraction of sp³-hybridized carbons (Fsp3) is 0.381. The lowest BCUT2D eigenvalue weighted by Gasteiger charge is -2.28. The number of halogens is 3. The van der Waals surface area contributed by atoms with Crippen LogP contribution < -0.4 is 14.8 Å². The lowest BCUT2D eigenvalue weighted by Crippen LogP contribution is -2.33. The van der Waals surface area contributed by atoms with Gasteiger partial charge in [0.15, 0.2) is 0 Å². The van der Waals surface area contributed by atoms with E-state index in [1.54, 1.807) is 12.1 Å². The molecule has 2 aromatic carbocycles. The zero-order valence-corrected chi connectivity index (χ0v) is 19.3. The van der Waals surface area contributed by atoms with Crippen LogP contribution in [-0.4, -0.2) is 36.0 Å². The lowest BCUT2D eigenvalue weighted by molar-refractivity contribution is -0.274. The maximum atomic E-state index is 12.8. The van der Waals surface area contributed by atoms with Crippen molar-refractivity contribution in [3.05, 3.63) is 42.5 Å². The molecular weight excluding hydrogens is 493 g/mol. The highest BCUT2D eigenvalue weighted by Gasteiger charge is 2.31. The van der Waals surface area contributed by atoms with Crippen LogP contribution in [0.2, 0.25) is 0 Å². The molecule has 182 valence electrons. The Kier molecular flexibility index (Phi) is 7.05. The number of anilines is 1. The number of fused-ring (bicyclic) bond motifs is 1. The SMILES string of the molecule is O=C(Nc1ccc(OC(F)(F)F)cc1)C1CCC(CNS(=O)(=O)c2cccc3nsnc23)CC1. The van der Waals surface area contributed by atoms with Gasteiger partial charge in [-0.3, -0.25) is 4.79 Å². The molecular formula is C21H21F3N4O4S2. The van der Waals surface area contributed by atoms with E-state index in [9.17, 15) is 26.4 Å². The van der Waals surface area contributed by atoms with Crippen molar-refractivity contribution in [2.75, 3.05) is 11.9 Å². The van der Waals surface area contributed by atoms with E-state index in [0.717, 1.165) is 23.9 Å². The standard InChI is InChI=1S/C21H21F3N4O4S2/c22-21(23,24)32-16-10-8-15(9-11-16)26-20(29)14-6-4-13(5-7-14)12-25-34(30,31)18-3-1-2-17-19(18)28-33-27-17/h1-3,8-11,13-14,25H,4-7,12H2,(H,26,29). The second-order valence-electron chi connectivity index (χ2n) is 8.02. The van der Waals surface area contributed by atoms with Crippen LogP contribution in [-0.2, 0) is 14.8 Å². The van der Waals surface area contributed by atoms with Crippen LogP contribution in [0.4, 0.5) is 18.9 Å². The van der Waals surface area contributed by atoms with Gasteiger partial charge in [-0.2, -0.15) is 8.75 Å². The van der Waals surface area contributed by atoms with Crippen molar-refractivity contribution >= 4 is 44.4 Å². The summed E-state index contributed by atoms with van der Waals surface area (Å²) in [6, 6.07) is 9.78. The molecule has 1 fully saturated rings. The van der Waals surface area contributed by atoms with Crippen LogP contribution in [0.1, 0.15) is 25.7 Å². The summed E-state index contributed by atoms with van der Waals surface area (Å²) in [6.45, 7) is 0.255. The molecule has 13 heteroatoms. The van der Waals surface area contributed by atoms with Gasteiger partial charge >= 0.3 is 6.36 Å². The van der Waals surface area contributed by atoms with E-state index in [4.69, 9.17) is 0 Å². The number of aromatic nitrogens is 2. The molecule has 1 aromatic heterocycles. The van der Waals surface area contributed by atoms with Crippen molar-refractivity contribution < 1.29 is 31.1 Å². The Morgan fingerprint density at radius 3 is 2.44 bits per heavy atom. The van der Waals surface area contributed by atoms with Crippen LogP contribution in [0.3, 0.4) is 0 Å². The number of hydrogen-bond acceptors (Lipinski definition) is 7. The van der Waals surface area contributed by atoms with Crippen molar-refractivity contribution in [1.29, 1.82) is 0 Å². The molecule has 0 aliphatic heterocycles. The molecule has 1 heterocycles. The zero-order chi connectivity index (χ0) is 24.3. The Labute approximate surface area is 197 Å². The summed E-state index contributed by atoms with van der Waals surface area (Å²) in [5, 5.41) is 2.71. The largest absolute Gasteiger partial charge is 0.573 e. The number of benzene rings is 2. The molecule has 0 atom stereocenters. The van der Waals surface area contributed by atoms with Gasteiger partial charge in [-0.15, -0.1) is 13.2 Å². The number of hydrogen-bond donors (Lipinski definition) is 2. The third-order valence-corrected chi connectivity index (χ3v) is 7.67. The molecule has 1 saturated carbocycles. The Morgan fingerprint density at radius 1 is 1.06 bits per heavy atom. The molecule has 34 heavy (non-hydrogen) atoms. The van der Waals surface area contributed by atoms with Gasteiger partial charge in [0.1, 0.15) is 21.7 Å². The highest BCUT2D eigenvalue weighted by Crippen LogP contribution is 2.30. The van der Waals surface area contributed by atoms with Gasteiger partial charge in [-0.1, -0.05) is 6.07 Å². The van der Waals surface area contributed by atoms with Crippen molar-refractivity contribution in [3.63, 3.8) is 0 Å². The monoisotopic (exact) mass is 514 g/mol. The van der Waals surface area contributed by atoms with Gasteiger partial charge in [0.2, 0.25) is 15.9 Å².